The Morgan fingerprint density at radius 2 is 1.71 bits per heavy atom. The van der Waals surface area contributed by atoms with Crippen molar-refractivity contribution in [3.8, 4) is 0 Å². The number of hydrogen-bond donors (Lipinski definition) is 0. The topological polar surface area (TPSA) is 60.9 Å². The van der Waals surface area contributed by atoms with Crippen molar-refractivity contribution >= 4 is 17.8 Å². The third kappa shape index (κ3) is 2.90. The van der Waals surface area contributed by atoms with Crippen LogP contribution in [0.2, 0.25) is 0 Å². The molecule has 1 aromatic carbocycles. The van der Waals surface area contributed by atoms with Crippen molar-refractivity contribution in [1.82, 2.24) is 14.7 Å². The van der Waals surface area contributed by atoms with E-state index in [1.54, 1.807) is 4.90 Å². The van der Waals surface area contributed by atoms with Crippen molar-refractivity contribution < 1.29 is 14.4 Å². The fraction of sp³-hybridized carbons (Fsp3) is 0.591. The molecule has 1 unspecified atom stereocenters. The SMILES string of the molecule is O=C(C1CCCCC1)N1CCN2C(=O)N([C@H]3C[C@@H]3c3ccccc3)C(=O)C2C1. The van der Waals surface area contributed by atoms with Crippen LogP contribution in [0.5, 0.6) is 0 Å². The largest absolute Gasteiger partial charge is 0.338 e. The Morgan fingerprint density at radius 3 is 2.46 bits per heavy atom. The maximum atomic E-state index is 13.1. The predicted octanol–water partition coefficient (Wildman–Crippen LogP) is 2.60. The smallest absolute Gasteiger partial charge is 0.327 e. The lowest BCUT2D eigenvalue weighted by molar-refractivity contribution is -0.140. The first kappa shape index (κ1) is 17.7. The van der Waals surface area contributed by atoms with Crippen molar-refractivity contribution in [3.05, 3.63) is 35.9 Å². The minimum absolute atomic E-state index is 0.0319. The standard InChI is InChI=1S/C22H27N3O3/c26-20(16-9-5-2-6-10-16)23-11-12-24-19(14-23)21(27)25(22(24)28)18-13-17(18)15-7-3-1-4-8-15/h1,3-4,7-8,16-19H,2,5-6,9-14H2/t17-,18+,19?/m1/s1. The van der Waals surface area contributed by atoms with Gasteiger partial charge in [-0.3, -0.25) is 14.5 Å². The summed E-state index contributed by atoms with van der Waals surface area (Å²) in [4.78, 5) is 43.9. The van der Waals surface area contributed by atoms with Crippen LogP contribution in [0.3, 0.4) is 0 Å². The highest BCUT2D eigenvalue weighted by atomic mass is 16.2. The van der Waals surface area contributed by atoms with Crippen LogP contribution in [0, 0.1) is 5.92 Å². The van der Waals surface area contributed by atoms with Crippen LogP contribution in [0.1, 0.15) is 50.0 Å². The van der Waals surface area contributed by atoms with E-state index in [0.29, 0.717) is 19.6 Å². The molecule has 0 bridgehead atoms. The lowest BCUT2D eigenvalue weighted by Crippen LogP contribution is -2.55. The first-order valence-electron chi connectivity index (χ1n) is 10.6. The minimum atomic E-state index is -0.495. The number of urea groups is 1. The number of carbonyl (C=O) groups is 3. The molecule has 6 heteroatoms. The summed E-state index contributed by atoms with van der Waals surface area (Å²) in [6, 6.07) is 9.41. The molecule has 28 heavy (non-hydrogen) atoms. The highest BCUT2D eigenvalue weighted by molar-refractivity contribution is 6.05. The van der Waals surface area contributed by atoms with Gasteiger partial charge in [-0.2, -0.15) is 0 Å². The van der Waals surface area contributed by atoms with Gasteiger partial charge in [0.05, 0.1) is 6.54 Å². The van der Waals surface area contributed by atoms with Gasteiger partial charge in [0.15, 0.2) is 0 Å². The second kappa shape index (κ2) is 6.90. The van der Waals surface area contributed by atoms with E-state index < -0.39 is 6.04 Å². The quantitative estimate of drug-likeness (QED) is 0.756. The first-order valence-corrected chi connectivity index (χ1v) is 10.6. The molecule has 2 saturated carbocycles. The van der Waals surface area contributed by atoms with Crippen LogP contribution >= 0.6 is 0 Å². The molecule has 0 aromatic heterocycles. The number of benzene rings is 1. The summed E-state index contributed by atoms with van der Waals surface area (Å²) in [7, 11) is 0. The predicted molar refractivity (Wildman–Crippen MR) is 103 cm³/mol. The van der Waals surface area contributed by atoms with Gasteiger partial charge in [-0.1, -0.05) is 49.6 Å². The maximum absolute atomic E-state index is 13.1. The van der Waals surface area contributed by atoms with Gasteiger partial charge in [-0.25, -0.2) is 4.79 Å². The van der Waals surface area contributed by atoms with Gasteiger partial charge in [-0.15, -0.1) is 0 Å². The number of carbonyl (C=O) groups excluding carboxylic acids is 3. The summed E-state index contributed by atoms with van der Waals surface area (Å²) in [5, 5.41) is 0. The van der Waals surface area contributed by atoms with Crippen molar-refractivity contribution in [2.75, 3.05) is 19.6 Å². The van der Waals surface area contributed by atoms with Gasteiger partial charge < -0.3 is 9.80 Å². The fourth-order valence-electron chi connectivity index (χ4n) is 5.26. The maximum Gasteiger partial charge on any atom is 0.327 e. The van der Waals surface area contributed by atoms with Gasteiger partial charge >= 0.3 is 6.03 Å². The van der Waals surface area contributed by atoms with E-state index in [1.807, 2.05) is 23.1 Å². The molecule has 1 aromatic rings. The Morgan fingerprint density at radius 1 is 0.964 bits per heavy atom. The summed E-state index contributed by atoms with van der Waals surface area (Å²) in [6.45, 7) is 1.37. The molecule has 3 atom stereocenters. The zero-order valence-corrected chi connectivity index (χ0v) is 16.1. The van der Waals surface area contributed by atoms with Gasteiger partial charge in [0.25, 0.3) is 5.91 Å². The molecular weight excluding hydrogens is 354 g/mol. The summed E-state index contributed by atoms with van der Waals surface area (Å²) in [6.07, 6.45) is 6.22. The van der Waals surface area contributed by atoms with Crippen LogP contribution in [-0.4, -0.2) is 64.3 Å². The van der Waals surface area contributed by atoms with E-state index >= 15 is 0 Å². The number of imide groups is 1. The van der Waals surface area contributed by atoms with E-state index in [1.165, 1.54) is 16.9 Å². The van der Waals surface area contributed by atoms with Crippen molar-refractivity contribution in [2.45, 2.75) is 56.5 Å². The Labute approximate surface area is 165 Å². The van der Waals surface area contributed by atoms with Gasteiger partial charge in [-0.05, 0) is 24.8 Å². The van der Waals surface area contributed by atoms with Gasteiger partial charge in [0, 0.05) is 31.0 Å². The first-order chi connectivity index (χ1) is 13.6. The molecule has 148 valence electrons. The van der Waals surface area contributed by atoms with Gasteiger partial charge in [0.2, 0.25) is 5.91 Å². The molecule has 4 aliphatic rings. The molecule has 2 heterocycles. The Hall–Kier alpha value is -2.37. The second-order valence-corrected chi connectivity index (χ2v) is 8.64. The number of rotatable bonds is 3. The molecule has 2 aliphatic heterocycles. The van der Waals surface area contributed by atoms with E-state index in [2.05, 4.69) is 12.1 Å². The molecule has 0 N–H and O–H groups in total. The van der Waals surface area contributed by atoms with Crippen LogP contribution in [0.15, 0.2) is 30.3 Å². The fourth-order valence-corrected chi connectivity index (χ4v) is 5.26. The van der Waals surface area contributed by atoms with Crippen LogP contribution in [0.4, 0.5) is 4.79 Å². The number of hydrogen-bond acceptors (Lipinski definition) is 3. The average molecular weight is 381 g/mol. The lowest BCUT2D eigenvalue weighted by Gasteiger charge is -2.37. The van der Waals surface area contributed by atoms with E-state index in [-0.39, 0.29) is 35.7 Å². The average Bonchev–Trinajstić information content (AvgIpc) is 3.49. The molecular formula is C22H27N3O3. The van der Waals surface area contributed by atoms with Crippen LogP contribution in [-0.2, 0) is 9.59 Å². The Balaban J connectivity index is 1.27. The minimum Gasteiger partial charge on any atom is -0.338 e. The normalized spacial score (nSPS) is 30.6. The zero-order valence-electron chi connectivity index (χ0n) is 16.1. The molecule has 5 rings (SSSR count). The monoisotopic (exact) mass is 381 g/mol. The van der Waals surface area contributed by atoms with Gasteiger partial charge in [0.1, 0.15) is 6.04 Å². The molecule has 4 amide bonds. The van der Waals surface area contributed by atoms with Crippen molar-refractivity contribution in [3.63, 3.8) is 0 Å². The zero-order chi connectivity index (χ0) is 19.3. The second-order valence-electron chi connectivity index (χ2n) is 8.64. The summed E-state index contributed by atoms with van der Waals surface area (Å²) in [5.74, 6) is 0.422. The van der Waals surface area contributed by atoms with Crippen molar-refractivity contribution in [1.29, 1.82) is 0 Å². The lowest BCUT2D eigenvalue weighted by atomic mass is 9.88. The molecule has 2 saturated heterocycles. The summed E-state index contributed by atoms with van der Waals surface area (Å²) >= 11 is 0. The molecule has 4 fully saturated rings. The van der Waals surface area contributed by atoms with E-state index in [0.717, 1.165) is 32.1 Å². The third-order valence-electron chi connectivity index (χ3n) is 6.94. The summed E-state index contributed by atoms with van der Waals surface area (Å²) in [5.41, 5.74) is 1.19. The molecule has 2 aliphatic carbocycles. The number of piperazine rings is 1. The number of fused-ring (bicyclic) bond motifs is 1. The highest BCUT2D eigenvalue weighted by Crippen LogP contribution is 2.47. The van der Waals surface area contributed by atoms with Crippen LogP contribution in [0.25, 0.3) is 0 Å². The highest BCUT2D eigenvalue weighted by Gasteiger charge is 2.56. The molecule has 0 radical (unpaired) electrons. The van der Waals surface area contributed by atoms with Crippen molar-refractivity contribution in [2.24, 2.45) is 5.92 Å². The van der Waals surface area contributed by atoms with Crippen LogP contribution < -0.4 is 0 Å². The number of nitrogens with zero attached hydrogens (tertiary/aromatic N) is 3. The Kier molecular flexibility index (Phi) is 4.37. The molecule has 0 spiro atoms. The number of amides is 4. The molecule has 6 nitrogen and oxygen atoms in total. The summed E-state index contributed by atoms with van der Waals surface area (Å²) < 4.78 is 0. The Bertz CT molecular complexity index is 789. The van der Waals surface area contributed by atoms with E-state index in [4.69, 9.17) is 0 Å². The van der Waals surface area contributed by atoms with E-state index in [9.17, 15) is 14.4 Å². The third-order valence-corrected chi connectivity index (χ3v) is 6.94.